The van der Waals surface area contributed by atoms with Crippen LogP contribution in [0, 0.1) is 0 Å². The molecule has 1 fully saturated rings. The Morgan fingerprint density at radius 3 is 2.73 bits per heavy atom. The summed E-state index contributed by atoms with van der Waals surface area (Å²) >= 11 is 0. The summed E-state index contributed by atoms with van der Waals surface area (Å²) in [7, 11) is 0. The largest absolute Gasteiger partial charge is 0.465 e. The van der Waals surface area contributed by atoms with Gasteiger partial charge in [-0.15, -0.1) is 0 Å². The van der Waals surface area contributed by atoms with Gasteiger partial charge in [-0.1, -0.05) is 12.1 Å². The Labute approximate surface area is 149 Å². The van der Waals surface area contributed by atoms with Crippen LogP contribution in [0.2, 0.25) is 0 Å². The van der Waals surface area contributed by atoms with E-state index >= 15 is 0 Å². The summed E-state index contributed by atoms with van der Waals surface area (Å²) in [5, 5.41) is 12.8. The third kappa shape index (κ3) is 2.99. The number of carbonyl (C=O) groups excluding carboxylic acids is 1. The van der Waals surface area contributed by atoms with Crippen LogP contribution in [-0.4, -0.2) is 46.1 Å². The van der Waals surface area contributed by atoms with E-state index in [0.717, 1.165) is 22.2 Å². The molecule has 4 rings (SSSR count). The number of hydrogen-bond donors (Lipinski definition) is 2. The fraction of sp³-hybridized carbons (Fsp3) is 0.211. The minimum atomic E-state index is -0.952. The number of nitrogens with one attached hydrogen (secondary N) is 1. The van der Waals surface area contributed by atoms with E-state index in [1.807, 2.05) is 24.3 Å². The Hall–Kier alpha value is -3.35. The summed E-state index contributed by atoms with van der Waals surface area (Å²) in [4.78, 5) is 29.1. The number of nitrogens with zero attached hydrogens (tertiary/aromatic N) is 2. The van der Waals surface area contributed by atoms with Gasteiger partial charge in [-0.25, -0.2) is 4.79 Å². The Kier molecular flexibility index (Phi) is 4.04. The Morgan fingerprint density at radius 2 is 2.00 bits per heavy atom. The number of aromatic nitrogens is 1. The van der Waals surface area contributed by atoms with Gasteiger partial charge >= 0.3 is 6.09 Å². The van der Waals surface area contributed by atoms with Gasteiger partial charge in [0.05, 0.1) is 12.0 Å². The van der Waals surface area contributed by atoms with Crippen molar-refractivity contribution in [2.24, 2.45) is 0 Å². The average Bonchev–Trinajstić information content (AvgIpc) is 3.30. The van der Waals surface area contributed by atoms with E-state index in [0.29, 0.717) is 25.1 Å². The number of carboxylic acid groups (broad SMARTS) is 1. The number of carbonyl (C=O) groups is 2. The lowest BCUT2D eigenvalue weighted by Crippen LogP contribution is -2.38. The van der Waals surface area contributed by atoms with Crippen LogP contribution in [0.1, 0.15) is 16.8 Å². The summed E-state index contributed by atoms with van der Waals surface area (Å²) in [6, 6.07) is 10.7. The number of pyridine rings is 1. The molecule has 1 aliphatic rings. The number of benzene rings is 1. The van der Waals surface area contributed by atoms with Crippen molar-refractivity contribution in [1.82, 2.24) is 15.2 Å². The van der Waals surface area contributed by atoms with Crippen molar-refractivity contribution in [3.8, 4) is 11.3 Å². The van der Waals surface area contributed by atoms with E-state index in [9.17, 15) is 9.59 Å². The van der Waals surface area contributed by atoms with Gasteiger partial charge < -0.3 is 19.7 Å². The zero-order chi connectivity index (χ0) is 18.1. The monoisotopic (exact) mass is 351 g/mol. The Bertz CT molecular complexity index is 964. The highest BCUT2D eigenvalue weighted by atomic mass is 16.4. The molecule has 7 nitrogen and oxygen atoms in total. The second-order valence-corrected chi connectivity index (χ2v) is 6.26. The van der Waals surface area contributed by atoms with E-state index in [2.05, 4.69) is 10.3 Å². The molecular formula is C19H17N3O4. The predicted octanol–water partition coefficient (Wildman–Crippen LogP) is 2.98. The second-order valence-electron chi connectivity index (χ2n) is 6.26. The lowest BCUT2D eigenvalue weighted by molar-refractivity contribution is 0.0936. The molecule has 2 N–H and O–H groups in total. The standard InChI is InChI=1S/C19H17N3O4/c23-18(21-14-6-9-22(11-14)19(24)25)13-3-1-12(2-4-13)17-15-7-10-26-16(15)5-8-20-17/h1-5,7-8,10,14H,6,9,11H2,(H,21,23)(H,24,25)/t14-/m1/s1. The van der Waals surface area contributed by atoms with E-state index in [-0.39, 0.29) is 11.9 Å². The van der Waals surface area contributed by atoms with Crippen LogP contribution >= 0.6 is 0 Å². The van der Waals surface area contributed by atoms with E-state index < -0.39 is 6.09 Å². The van der Waals surface area contributed by atoms with E-state index in [4.69, 9.17) is 9.52 Å². The highest BCUT2D eigenvalue weighted by Gasteiger charge is 2.27. The molecule has 0 bridgehead atoms. The molecule has 1 atom stereocenters. The smallest absolute Gasteiger partial charge is 0.407 e. The number of amides is 2. The number of furan rings is 1. The normalized spacial score (nSPS) is 16.8. The van der Waals surface area contributed by atoms with Crippen molar-refractivity contribution < 1.29 is 19.1 Å². The molecule has 0 saturated carbocycles. The van der Waals surface area contributed by atoms with Crippen molar-refractivity contribution in [2.75, 3.05) is 13.1 Å². The Balaban J connectivity index is 1.48. The van der Waals surface area contributed by atoms with Crippen LogP contribution in [0.4, 0.5) is 4.79 Å². The van der Waals surface area contributed by atoms with Gasteiger partial charge in [0.1, 0.15) is 5.58 Å². The van der Waals surface area contributed by atoms with E-state index in [1.54, 1.807) is 24.6 Å². The van der Waals surface area contributed by atoms with Crippen molar-refractivity contribution in [3.05, 3.63) is 54.4 Å². The van der Waals surface area contributed by atoms with Crippen molar-refractivity contribution in [2.45, 2.75) is 12.5 Å². The van der Waals surface area contributed by atoms with Gasteiger partial charge in [0.25, 0.3) is 5.91 Å². The van der Waals surface area contributed by atoms with Crippen LogP contribution in [-0.2, 0) is 0 Å². The van der Waals surface area contributed by atoms with Crippen LogP contribution in [0.25, 0.3) is 22.2 Å². The van der Waals surface area contributed by atoms with Gasteiger partial charge in [0.2, 0.25) is 0 Å². The maximum atomic E-state index is 12.4. The maximum absolute atomic E-state index is 12.4. The predicted molar refractivity (Wildman–Crippen MR) is 94.9 cm³/mol. The topological polar surface area (TPSA) is 95.7 Å². The molecule has 3 heterocycles. The summed E-state index contributed by atoms with van der Waals surface area (Å²) < 4.78 is 5.39. The SMILES string of the molecule is O=C(N[C@@H]1CCN(C(=O)O)C1)c1ccc(-c2nccc3occc23)cc1. The van der Waals surface area contributed by atoms with Gasteiger partial charge in [0, 0.05) is 41.8 Å². The summed E-state index contributed by atoms with van der Waals surface area (Å²) in [5.41, 5.74) is 2.99. The minimum absolute atomic E-state index is 0.153. The molecule has 132 valence electrons. The Morgan fingerprint density at radius 1 is 1.19 bits per heavy atom. The number of likely N-dealkylation sites (tertiary alicyclic amines) is 1. The fourth-order valence-corrected chi connectivity index (χ4v) is 3.22. The third-order valence-corrected chi connectivity index (χ3v) is 4.59. The molecule has 1 aromatic carbocycles. The van der Waals surface area contributed by atoms with E-state index in [1.165, 1.54) is 4.90 Å². The van der Waals surface area contributed by atoms with Gasteiger partial charge in [-0.2, -0.15) is 0 Å². The highest BCUT2D eigenvalue weighted by molar-refractivity contribution is 5.96. The molecule has 26 heavy (non-hydrogen) atoms. The number of hydrogen-bond acceptors (Lipinski definition) is 4. The first-order valence-electron chi connectivity index (χ1n) is 8.33. The molecule has 2 amide bonds. The summed E-state index contributed by atoms with van der Waals surface area (Å²) in [5.74, 6) is -0.205. The first-order valence-corrected chi connectivity index (χ1v) is 8.33. The quantitative estimate of drug-likeness (QED) is 0.756. The minimum Gasteiger partial charge on any atom is -0.465 e. The second kappa shape index (κ2) is 6.51. The van der Waals surface area contributed by atoms with Crippen molar-refractivity contribution in [3.63, 3.8) is 0 Å². The van der Waals surface area contributed by atoms with Crippen LogP contribution in [0.3, 0.4) is 0 Å². The van der Waals surface area contributed by atoms with Crippen LogP contribution < -0.4 is 5.32 Å². The van der Waals surface area contributed by atoms with Crippen LogP contribution in [0.5, 0.6) is 0 Å². The first-order chi connectivity index (χ1) is 12.6. The third-order valence-electron chi connectivity index (χ3n) is 4.59. The molecule has 1 aliphatic heterocycles. The van der Waals surface area contributed by atoms with Crippen molar-refractivity contribution in [1.29, 1.82) is 0 Å². The number of fused-ring (bicyclic) bond motifs is 1. The summed E-state index contributed by atoms with van der Waals surface area (Å²) in [6.07, 6.45) is 2.99. The average molecular weight is 351 g/mol. The lowest BCUT2D eigenvalue weighted by atomic mass is 10.1. The molecule has 1 saturated heterocycles. The van der Waals surface area contributed by atoms with Crippen LogP contribution in [0.15, 0.2) is 53.3 Å². The molecule has 7 heteroatoms. The molecule has 0 radical (unpaired) electrons. The van der Waals surface area contributed by atoms with Gasteiger partial charge in [-0.05, 0) is 30.7 Å². The molecular weight excluding hydrogens is 334 g/mol. The lowest BCUT2D eigenvalue weighted by Gasteiger charge is -2.14. The highest BCUT2D eigenvalue weighted by Crippen LogP contribution is 2.27. The summed E-state index contributed by atoms with van der Waals surface area (Å²) in [6.45, 7) is 0.769. The fourth-order valence-electron chi connectivity index (χ4n) is 3.22. The molecule has 0 spiro atoms. The first kappa shape index (κ1) is 16.1. The zero-order valence-corrected chi connectivity index (χ0v) is 13.9. The molecule has 0 aliphatic carbocycles. The van der Waals surface area contributed by atoms with Gasteiger partial charge in [0.15, 0.2) is 0 Å². The number of rotatable bonds is 3. The zero-order valence-electron chi connectivity index (χ0n) is 13.9. The van der Waals surface area contributed by atoms with Gasteiger partial charge in [-0.3, -0.25) is 9.78 Å². The van der Waals surface area contributed by atoms with Crippen molar-refractivity contribution >= 4 is 23.0 Å². The molecule has 2 aromatic heterocycles. The molecule has 0 unspecified atom stereocenters. The molecule has 3 aromatic rings. The maximum Gasteiger partial charge on any atom is 0.407 e.